The summed E-state index contributed by atoms with van der Waals surface area (Å²) in [4.78, 5) is 13.7. The number of nitrogens with zero attached hydrogens (tertiary/aromatic N) is 4. The van der Waals surface area contributed by atoms with Crippen LogP contribution in [0.1, 0.15) is 0 Å². The Bertz CT molecular complexity index is 940. The first-order valence-corrected chi connectivity index (χ1v) is 9.64. The second kappa shape index (κ2) is 8.68. The van der Waals surface area contributed by atoms with Gasteiger partial charge in [-0.2, -0.15) is 4.98 Å². The largest absolute Gasteiger partial charge is 0.497 e. The third kappa shape index (κ3) is 4.34. The second-order valence-electron chi connectivity index (χ2n) is 6.74. The molecule has 7 heteroatoms. The SMILES string of the molecule is COc1ccc(Nc2ccnc(N3CCN(c4ccccc4OC)CC3)n2)cc1. The number of piperazine rings is 1. The third-order valence-electron chi connectivity index (χ3n) is 4.99. The molecule has 1 aliphatic rings. The van der Waals surface area contributed by atoms with Gasteiger partial charge in [-0.3, -0.25) is 0 Å². The van der Waals surface area contributed by atoms with Crippen molar-refractivity contribution >= 4 is 23.1 Å². The molecule has 0 amide bonds. The van der Waals surface area contributed by atoms with Gasteiger partial charge in [0.15, 0.2) is 0 Å². The van der Waals surface area contributed by atoms with Crippen molar-refractivity contribution in [2.45, 2.75) is 0 Å². The molecule has 1 N–H and O–H groups in total. The molecule has 0 aliphatic carbocycles. The Morgan fingerprint density at radius 3 is 2.28 bits per heavy atom. The highest BCUT2D eigenvalue weighted by molar-refractivity contribution is 5.60. The van der Waals surface area contributed by atoms with E-state index in [1.54, 1.807) is 20.4 Å². The first-order valence-electron chi connectivity index (χ1n) is 9.64. The molecule has 0 bridgehead atoms. The number of ether oxygens (including phenoxy) is 2. The van der Waals surface area contributed by atoms with Gasteiger partial charge in [0.25, 0.3) is 0 Å². The minimum atomic E-state index is 0.739. The molecule has 4 rings (SSSR count). The molecule has 1 fully saturated rings. The van der Waals surface area contributed by atoms with E-state index in [-0.39, 0.29) is 0 Å². The predicted molar refractivity (Wildman–Crippen MR) is 116 cm³/mol. The lowest BCUT2D eigenvalue weighted by Crippen LogP contribution is -2.47. The number of hydrogen-bond acceptors (Lipinski definition) is 7. The number of para-hydroxylation sites is 2. The van der Waals surface area contributed by atoms with Crippen LogP contribution in [0.3, 0.4) is 0 Å². The highest BCUT2D eigenvalue weighted by Gasteiger charge is 2.21. The van der Waals surface area contributed by atoms with Gasteiger partial charge in [-0.25, -0.2) is 4.98 Å². The van der Waals surface area contributed by atoms with E-state index in [2.05, 4.69) is 26.2 Å². The van der Waals surface area contributed by atoms with Gasteiger partial charge in [-0.1, -0.05) is 12.1 Å². The summed E-state index contributed by atoms with van der Waals surface area (Å²) in [6.07, 6.45) is 1.79. The molecule has 1 saturated heterocycles. The fraction of sp³-hybridized carbons (Fsp3) is 0.273. The zero-order chi connectivity index (χ0) is 20.1. The average molecular weight is 391 g/mol. The Labute approximate surface area is 170 Å². The Kier molecular flexibility index (Phi) is 5.65. The molecule has 7 nitrogen and oxygen atoms in total. The highest BCUT2D eigenvalue weighted by atomic mass is 16.5. The van der Waals surface area contributed by atoms with Gasteiger partial charge in [-0.05, 0) is 42.5 Å². The average Bonchev–Trinajstić information content (AvgIpc) is 2.80. The summed E-state index contributed by atoms with van der Waals surface area (Å²) in [6, 6.07) is 17.8. The molecule has 0 unspecified atom stereocenters. The molecule has 3 aromatic rings. The number of hydrogen-bond donors (Lipinski definition) is 1. The zero-order valence-electron chi connectivity index (χ0n) is 16.7. The lowest BCUT2D eigenvalue weighted by atomic mass is 10.2. The molecule has 0 radical (unpaired) electrons. The molecule has 0 spiro atoms. The van der Waals surface area contributed by atoms with E-state index in [1.165, 1.54) is 0 Å². The van der Waals surface area contributed by atoms with E-state index in [1.807, 2.05) is 48.5 Å². The number of benzene rings is 2. The topological polar surface area (TPSA) is 62.8 Å². The number of aromatic nitrogens is 2. The van der Waals surface area contributed by atoms with Crippen molar-refractivity contribution in [2.24, 2.45) is 0 Å². The van der Waals surface area contributed by atoms with E-state index in [0.717, 1.165) is 60.8 Å². The van der Waals surface area contributed by atoms with Crippen molar-refractivity contribution in [3.05, 3.63) is 60.8 Å². The Morgan fingerprint density at radius 2 is 1.55 bits per heavy atom. The van der Waals surface area contributed by atoms with Crippen molar-refractivity contribution in [3.8, 4) is 11.5 Å². The standard InChI is InChI=1S/C22H25N5O2/c1-28-18-9-7-17(8-10-18)24-21-11-12-23-22(25-21)27-15-13-26(14-16-27)19-5-3-4-6-20(19)29-2/h3-12H,13-16H2,1-2H3,(H,23,24,25). The zero-order valence-corrected chi connectivity index (χ0v) is 16.7. The number of rotatable bonds is 6. The van der Waals surface area contributed by atoms with E-state index in [0.29, 0.717) is 0 Å². The van der Waals surface area contributed by atoms with E-state index in [4.69, 9.17) is 14.5 Å². The Balaban J connectivity index is 1.41. The maximum Gasteiger partial charge on any atom is 0.227 e. The van der Waals surface area contributed by atoms with Crippen molar-refractivity contribution in [2.75, 3.05) is 55.5 Å². The van der Waals surface area contributed by atoms with E-state index < -0.39 is 0 Å². The van der Waals surface area contributed by atoms with Crippen LogP contribution in [-0.4, -0.2) is 50.4 Å². The van der Waals surface area contributed by atoms with Crippen LogP contribution in [0.4, 0.5) is 23.1 Å². The molecule has 2 heterocycles. The first-order chi connectivity index (χ1) is 14.3. The molecule has 2 aromatic carbocycles. The Morgan fingerprint density at radius 1 is 0.828 bits per heavy atom. The summed E-state index contributed by atoms with van der Waals surface area (Å²) < 4.78 is 10.7. The minimum absolute atomic E-state index is 0.739. The highest BCUT2D eigenvalue weighted by Crippen LogP contribution is 2.29. The molecule has 1 aliphatic heterocycles. The van der Waals surface area contributed by atoms with Crippen molar-refractivity contribution < 1.29 is 9.47 Å². The van der Waals surface area contributed by atoms with Crippen LogP contribution < -0.4 is 24.6 Å². The smallest absolute Gasteiger partial charge is 0.227 e. The maximum atomic E-state index is 5.50. The van der Waals surface area contributed by atoms with Gasteiger partial charge >= 0.3 is 0 Å². The molecule has 0 saturated carbocycles. The summed E-state index contributed by atoms with van der Waals surface area (Å²) in [7, 11) is 3.37. The van der Waals surface area contributed by atoms with E-state index >= 15 is 0 Å². The summed E-state index contributed by atoms with van der Waals surface area (Å²) in [5, 5.41) is 3.32. The molecule has 0 atom stereocenters. The van der Waals surface area contributed by atoms with Gasteiger partial charge in [-0.15, -0.1) is 0 Å². The summed E-state index contributed by atoms with van der Waals surface area (Å²) in [6.45, 7) is 3.48. The van der Waals surface area contributed by atoms with Crippen LogP contribution in [-0.2, 0) is 0 Å². The maximum absolute atomic E-state index is 5.50. The minimum Gasteiger partial charge on any atom is -0.497 e. The van der Waals surface area contributed by atoms with Gasteiger partial charge in [0.1, 0.15) is 17.3 Å². The van der Waals surface area contributed by atoms with Crippen LogP contribution in [0.2, 0.25) is 0 Å². The summed E-state index contributed by atoms with van der Waals surface area (Å²) in [5.74, 6) is 3.24. The van der Waals surface area contributed by atoms with Crippen LogP contribution >= 0.6 is 0 Å². The van der Waals surface area contributed by atoms with Crippen molar-refractivity contribution in [3.63, 3.8) is 0 Å². The monoisotopic (exact) mass is 391 g/mol. The van der Waals surface area contributed by atoms with Gasteiger partial charge < -0.3 is 24.6 Å². The van der Waals surface area contributed by atoms with Crippen LogP contribution in [0.15, 0.2) is 60.8 Å². The summed E-state index contributed by atoms with van der Waals surface area (Å²) >= 11 is 0. The van der Waals surface area contributed by atoms with Gasteiger partial charge in [0.05, 0.1) is 19.9 Å². The van der Waals surface area contributed by atoms with Gasteiger partial charge in [0.2, 0.25) is 5.95 Å². The van der Waals surface area contributed by atoms with E-state index in [9.17, 15) is 0 Å². The predicted octanol–water partition coefficient (Wildman–Crippen LogP) is 3.56. The lowest BCUT2D eigenvalue weighted by molar-refractivity contribution is 0.413. The lowest BCUT2D eigenvalue weighted by Gasteiger charge is -2.36. The second-order valence-corrected chi connectivity index (χ2v) is 6.74. The van der Waals surface area contributed by atoms with Crippen molar-refractivity contribution in [1.29, 1.82) is 0 Å². The van der Waals surface area contributed by atoms with Crippen LogP contribution in [0, 0.1) is 0 Å². The summed E-state index contributed by atoms with van der Waals surface area (Å²) in [5.41, 5.74) is 2.09. The van der Waals surface area contributed by atoms with Crippen LogP contribution in [0.5, 0.6) is 11.5 Å². The fourth-order valence-electron chi connectivity index (χ4n) is 3.43. The van der Waals surface area contributed by atoms with Gasteiger partial charge in [0, 0.05) is 38.1 Å². The van der Waals surface area contributed by atoms with Crippen molar-refractivity contribution in [1.82, 2.24) is 9.97 Å². The quantitative estimate of drug-likeness (QED) is 0.689. The molecule has 1 aromatic heterocycles. The first kappa shape index (κ1) is 18.9. The molecule has 29 heavy (non-hydrogen) atoms. The normalized spacial score (nSPS) is 13.9. The third-order valence-corrected chi connectivity index (χ3v) is 4.99. The van der Waals surface area contributed by atoms with Crippen LogP contribution in [0.25, 0.3) is 0 Å². The number of methoxy groups -OCH3 is 2. The molecular formula is C22H25N5O2. The Hall–Kier alpha value is -3.48. The number of anilines is 4. The molecular weight excluding hydrogens is 366 g/mol. The molecule has 150 valence electrons. The fourth-order valence-corrected chi connectivity index (χ4v) is 3.43. The number of nitrogens with one attached hydrogen (secondary N) is 1.